The Bertz CT molecular complexity index is 491. The van der Waals surface area contributed by atoms with Gasteiger partial charge in [-0.15, -0.1) is 24.8 Å². The average Bonchev–Trinajstić information content (AvgIpc) is 2.49. The van der Waals surface area contributed by atoms with Gasteiger partial charge >= 0.3 is 0 Å². The standard InChI is InChI=1S/C17H28N4O.2ClH/c1-14(18)6-7-19-17(22)16-5-3-4-15(12-16)13-21-10-8-20(2)9-11-21;;/h3-5,12,14H,6-11,13,18H2,1-2H3,(H,19,22);2*1H. The molecule has 0 spiro atoms. The van der Waals surface area contributed by atoms with E-state index in [2.05, 4.69) is 28.2 Å². The Morgan fingerprint density at radius 1 is 1.25 bits per heavy atom. The first-order chi connectivity index (χ1) is 10.5. The van der Waals surface area contributed by atoms with Gasteiger partial charge in [0.05, 0.1) is 0 Å². The molecule has 0 aromatic heterocycles. The summed E-state index contributed by atoms with van der Waals surface area (Å²) >= 11 is 0. The smallest absolute Gasteiger partial charge is 0.251 e. The molecular formula is C17H30Cl2N4O. The Kier molecular flexibility index (Phi) is 11.2. The van der Waals surface area contributed by atoms with E-state index in [-0.39, 0.29) is 36.8 Å². The fraction of sp³-hybridized carbons (Fsp3) is 0.588. The van der Waals surface area contributed by atoms with Gasteiger partial charge in [-0.2, -0.15) is 0 Å². The average molecular weight is 377 g/mol. The molecule has 1 fully saturated rings. The number of nitrogens with two attached hydrogens (primary N) is 1. The SMILES string of the molecule is CC(N)CCNC(=O)c1cccc(CN2CCN(C)CC2)c1.Cl.Cl. The van der Waals surface area contributed by atoms with Crippen molar-refractivity contribution in [3.63, 3.8) is 0 Å². The summed E-state index contributed by atoms with van der Waals surface area (Å²) < 4.78 is 0. The van der Waals surface area contributed by atoms with Gasteiger partial charge in [-0.1, -0.05) is 12.1 Å². The van der Waals surface area contributed by atoms with Crippen LogP contribution in [0.25, 0.3) is 0 Å². The molecule has 24 heavy (non-hydrogen) atoms. The summed E-state index contributed by atoms with van der Waals surface area (Å²) in [5.41, 5.74) is 7.63. The third-order valence-electron chi connectivity index (χ3n) is 4.08. The number of carbonyl (C=O) groups is 1. The number of nitrogens with zero attached hydrogens (tertiary/aromatic N) is 2. The van der Waals surface area contributed by atoms with Gasteiger partial charge in [-0.05, 0) is 38.1 Å². The number of benzene rings is 1. The molecule has 1 heterocycles. The van der Waals surface area contributed by atoms with E-state index in [0.717, 1.165) is 44.7 Å². The molecule has 0 saturated carbocycles. The molecule has 0 aliphatic carbocycles. The number of hydrogen-bond donors (Lipinski definition) is 2. The maximum absolute atomic E-state index is 12.1. The van der Waals surface area contributed by atoms with Crippen molar-refractivity contribution in [3.8, 4) is 0 Å². The molecular weight excluding hydrogens is 347 g/mol. The highest BCUT2D eigenvalue weighted by Gasteiger charge is 2.14. The molecule has 1 aliphatic heterocycles. The van der Waals surface area contributed by atoms with E-state index in [1.165, 1.54) is 5.56 Å². The Labute approximate surface area is 157 Å². The number of nitrogens with one attached hydrogen (secondary N) is 1. The van der Waals surface area contributed by atoms with Gasteiger partial charge < -0.3 is 16.0 Å². The second-order valence-electron chi connectivity index (χ2n) is 6.30. The molecule has 1 saturated heterocycles. The lowest BCUT2D eigenvalue weighted by atomic mass is 10.1. The Morgan fingerprint density at radius 3 is 2.54 bits per heavy atom. The zero-order chi connectivity index (χ0) is 15.9. The van der Waals surface area contributed by atoms with E-state index >= 15 is 0 Å². The van der Waals surface area contributed by atoms with Crippen molar-refractivity contribution < 1.29 is 4.79 Å². The Hall–Kier alpha value is -0.850. The third kappa shape index (κ3) is 7.81. The lowest BCUT2D eigenvalue weighted by molar-refractivity contribution is 0.0952. The van der Waals surface area contributed by atoms with E-state index in [0.29, 0.717) is 6.54 Å². The van der Waals surface area contributed by atoms with E-state index in [1.54, 1.807) is 0 Å². The lowest BCUT2D eigenvalue weighted by Crippen LogP contribution is -2.43. The van der Waals surface area contributed by atoms with E-state index in [9.17, 15) is 4.79 Å². The molecule has 2 rings (SSSR count). The number of halogens is 2. The van der Waals surface area contributed by atoms with E-state index in [4.69, 9.17) is 5.73 Å². The van der Waals surface area contributed by atoms with Crippen LogP contribution in [0, 0.1) is 0 Å². The van der Waals surface area contributed by atoms with Gasteiger partial charge in [0.2, 0.25) is 0 Å². The zero-order valence-electron chi connectivity index (χ0n) is 14.5. The molecule has 1 aliphatic rings. The molecule has 138 valence electrons. The van der Waals surface area contributed by atoms with Gasteiger partial charge in [-0.25, -0.2) is 0 Å². The highest BCUT2D eigenvalue weighted by molar-refractivity contribution is 5.94. The normalized spacial score (nSPS) is 16.6. The van der Waals surface area contributed by atoms with Crippen LogP contribution in [0.1, 0.15) is 29.3 Å². The first kappa shape index (κ1) is 23.1. The molecule has 1 atom stereocenters. The lowest BCUT2D eigenvalue weighted by Gasteiger charge is -2.32. The summed E-state index contributed by atoms with van der Waals surface area (Å²) in [6, 6.07) is 8.04. The van der Waals surface area contributed by atoms with Crippen LogP contribution in [0.3, 0.4) is 0 Å². The van der Waals surface area contributed by atoms with Crippen LogP contribution in [-0.2, 0) is 6.54 Å². The summed E-state index contributed by atoms with van der Waals surface area (Å²) in [6.07, 6.45) is 0.798. The van der Waals surface area contributed by atoms with Gasteiger partial charge in [0.15, 0.2) is 0 Å². The third-order valence-corrected chi connectivity index (χ3v) is 4.08. The topological polar surface area (TPSA) is 61.6 Å². The summed E-state index contributed by atoms with van der Waals surface area (Å²) in [5, 5.41) is 2.93. The zero-order valence-corrected chi connectivity index (χ0v) is 16.2. The molecule has 5 nitrogen and oxygen atoms in total. The number of hydrogen-bond acceptors (Lipinski definition) is 4. The number of likely N-dealkylation sites (N-methyl/N-ethyl adjacent to an activating group) is 1. The molecule has 0 bridgehead atoms. The van der Waals surface area contributed by atoms with Crippen LogP contribution in [0.15, 0.2) is 24.3 Å². The van der Waals surface area contributed by atoms with Crippen LogP contribution < -0.4 is 11.1 Å². The maximum Gasteiger partial charge on any atom is 0.251 e. The minimum Gasteiger partial charge on any atom is -0.352 e. The molecule has 7 heteroatoms. The Balaban J connectivity index is 0.00000264. The molecule has 1 aromatic carbocycles. The monoisotopic (exact) mass is 376 g/mol. The first-order valence-electron chi connectivity index (χ1n) is 8.08. The molecule has 1 amide bonds. The summed E-state index contributed by atoms with van der Waals surface area (Å²) in [4.78, 5) is 16.9. The molecule has 0 radical (unpaired) electrons. The van der Waals surface area contributed by atoms with Crippen LogP contribution in [0.5, 0.6) is 0 Å². The van der Waals surface area contributed by atoms with Gasteiger partial charge in [-0.3, -0.25) is 9.69 Å². The number of rotatable bonds is 6. The van der Waals surface area contributed by atoms with Crippen molar-refractivity contribution in [1.29, 1.82) is 0 Å². The highest BCUT2D eigenvalue weighted by Crippen LogP contribution is 2.10. The van der Waals surface area contributed by atoms with Crippen molar-refractivity contribution in [1.82, 2.24) is 15.1 Å². The summed E-state index contributed by atoms with van der Waals surface area (Å²) in [7, 11) is 2.16. The summed E-state index contributed by atoms with van der Waals surface area (Å²) in [6.45, 7) is 7.87. The fourth-order valence-corrected chi connectivity index (χ4v) is 2.59. The van der Waals surface area contributed by atoms with Crippen molar-refractivity contribution in [2.24, 2.45) is 5.73 Å². The van der Waals surface area contributed by atoms with Crippen molar-refractivity contribution >= 4 is 30.7 Å². The second-order valence-corrected chi connectivity index (χ2v) is 6.30. The Morgan fingerprint density at radius 2 is 1.92 bits per heavy atom. The summed E-state index contributed by atoms with van der Waals surface area (Å²) in [5.74, 6) is -0.0131. The number of amides is 1. The molecule has 3 N–H and O–H groups in total. The fourth-order valence-electron chi connectivity index (χ4n) is 2.59. The van der Waals surface area contributed by atoms with E-state index in [1.807, 2.05) is 25.1 Å². The van der Waals surface area contributed by atoms with Gasteiger partial charge in [0.1, 0.15) is 0 Å². The number of carbonyl (C=O) groups excluding carboxylic acids is 1. The van der Waals surface area contributed by atoms with Crippen molar-refractivity contribution in [2.75, 3.05) is 39.8 Å². The predicted octanol–water partition coefficient (Wildman–Crippen LogP) is 1.74. The largest absolute Gasteiger partial charge is 0.352 e. The molecule has 1 aromatic rings. The minimum absolute atomic E-state index is 0. The first-order valence-corrected chi connectivity index (χ1v) is 8.08. The minimum atomic E-state index is -0.0131. The van der Waals surface area contributed by atoms with E-state index < -0.39 is 0 Å². The maximum atomic E-state index is 12.1. The van der Waals surface area contributed by atoms with Crippen LogP contribution in [0.2, 0.25) is 0 Å². The van der Waals surface area contributed by atoms with Crippen LogP contribution >= 0.6 is 24.8 Å². The van der Waals surface area contributed by atoms with Crippen molar-refractivity contribution in [2.45, 2.75) is 25.9 Å². The van der Waals surface area contributed by atoms with Crippen LogP contribution in [0.4, 0.5) is 0 Å². The predicted molar refractivity (Wildman–Crippen MR) is 104 cm³/mol. The van der Waals surface area contributed by atoms with Gasteiger partial charge in [0.25, 0.3) is 5.91 Å². The van der Waals surface area contributed by atoms with Crippen molar-refractivity contribution in [3.05, 3.63) is 35.4 Å². The number of piperazine rings is 1. The van der Waals surface area contributed by atoms with Crippen LogP contribution in [-0.4, -0.2) is 61.5 Å². The molecule has 1 unspecified atom stereocenters. The quantitative estimate of drug-likeness (QED) is 0.793. The highest BCUT2D eigenvalue weighted by atomic mass is 35.5. The second kappa shape index (κ2) is 11.7. The van der Waals surface area contributed by atoms with Gasteiger partial charge in [0, 0.05) is 50.9 Å².